The van der Waals surface area contributed by atoms with E-state index in [1.165, 1.54) is 0 Å². The minimum Gasteiger partial charge on any atom is -0.461 e. The van der Waals surface area contributed by atoms with E-state index in [0.717, 1.165) is 42.9 Å². The number of anilines is 1. The Balaban J connectivity index is 1.40. The molecule has 0 radical (unpaired) electrons. The molecular weight excluding hydrogens is 382 g/mol. The van der Waals surface area contributed by atoms with E-state index < -0.39 is 0 Å². The van der Waals surface area contributed by atoms with Gasteiger partial charge in [0.25, 0.3) is 0 Å². The summed E-state index contributed by atoms with van der Waals surface area (Å²) in [6.07, 6.45) is 5.44. The number of nitrogens with zero attached hydrogens (tertiary/aromatic N) is 6. The number of furan rings is 1. The van der Waals surface area contributed by atoms with Crippen molar-refractivity contribution in [3.63, 3.8) is 0 Å². The summed E-state index contributed by atoms with van der Waals surface area (Å²) in [4.78, 5) is 11.1. The molecule has 1 aliphatic rings. The number of hydrogen-bond acceptors (Lipinski definition) is 8. The van der Waals surface area contributed by atoms with Crippen molar-refractivity contribution in [2.75, 3.05) is 12.3 Å². The van der Waals surface area contributed by atoms with Gasteiger partial charge in [-0.05, 0) is 51.3 Å². The third kappa shape index (κ3) is 3.31. The van der Waals surface area contributed by atoms with E-state index in [1.807, 2.05) is 13.8 Å². The summed E-state index contributed by atoms with van der Waals surface area (Å²) < 4.78 is 12.3. The van der Waals surface area contributed by atoms with Gasteiger partial charge in [-0.2, -0.15) is 0 Å². The van der Waals surface area contributed by atoms with Gasteiger partial charge in [0.15, 0.2) is 17.2 Å². The molecule has 4 aromatic heterocycles. The molecule has 9 nitrogen and oxygen atoms in total. The van der Waals surface area contributed by atoms with Gasteiger partial charge in [0.2, 0.25) is 5.82 Å². The molecule has 0 aliphatic carbocycles. The van der Waals surface area contributed by atoms with Crippen LogP contribution in [-0.2, 0) is 6.54 Å². The van der Waals surface area contributed by atoms with Crippen LogP contribution < -0.4 is 5.73 Å². The minimum atomic E-state index is 0.145. The summed E-state index contributed by atoms with van der Waals surface area (Å²) in [6, 6.07) is 3.73. The van der Waals surface area contributed by atoms with Gasteiger partial charge >= 0.3 is 0 Å². The van der Waals surface area contributed by atoms with E-state index in [4.69, 9.17) is 14.7 Å². The molecule has 9 heteroatoms. The second-order valence-electron chi connectivity index (χ2n) is 7.39. The molecule has 152 valence electrons. The first-order valence-corrected chi connectivity index (χ1v) is 9.82. The lowest BCUT2D eigenvalue weighted by atomic mass is 10.1. The number of rotatable bonds is 3. The molecular formula is C21H21N7O2. The van der Waals surface area contributed by atoms with E-state index in [1.54, 1.807) is 29.1 Å². The van der Waals surface area contributed by atoms with Crippen LogP contribution in [0.4, 0.5) is 5.82 Å². The zero-order valence-electron chi connectivity index (χ0n) is 16.8. The molecule has 5 heterocycles. The van der Waals surface area contributed by atoms with Crippen molar-refractivity contribution < 1.29 is 8.94 Å². The lowest BCUT2D eigenvalue weighted by Crippen LogP contribution is -2.28. The second kappa shape index (κ2) is 7.31. The molecule has 1 atom stereocenters. The molecule has 0 amide bonds. The van der Waals surface area contributed by atoms with Crippen molar-refractivity contribution in [1.29, 1.82) is 0 Å². The molecule has 0 saturated carbocycles. The van der Waals surface area contributed by atoms with E-state index in [0.29, 0.717) is 22.9 Å². The predicted molar refractivity (Wildman–Crippen MR) is 109 cm³/mol. The predicted octanol–water partition coefficient (Wildman–Crippen LogP) is 2.59. The second-order valence-corrected chi connectivity index (χ2v) is 7.39. The van der Waals surface area contributed by atoms with Gasteiger partial charge < -0.3 is 14.7 Å². The van der Waals surface area contributed by atoms with Crippen LogP contribution in [0, 0.1) is 25.7 Å². The number of nitrogens with two attached hydrogens (primary N) is 1. The van der Waals surface area contributed by atoms with Gasteiger partial charge in [0.1, 0.15) is 11.5 Å². The molecule has 5 rings (SSSR count). The van der Waals surface area contributed by atoms with Crippen LogP contribution in [0.25, 0.3) is 17.2 Å². The first-order chi connectivity index (χ1) is 14.6. The maximum absolute atomic E-state index is 6.10. The molecule has 4 aromatic rings. The minimum absolute atomic E-state index is 0.145. The van der Waals surface area contributed by atoms with Crippen LogP contribution in [0.15, 0.2) is 33.5 Å². The number of aromatic nitrogens is 5. The summed E-state index contributed by atoms with van der Waals surface area (Å²) in [5, 5.41) is 8.49. The Morgan fingerprint density at radius 3 is 2.97 bits per heavy atom. The SMILES string of the molecule is Cc1noc(C)c1CN1CCC[C@@H]1C#Cc1cn2nc(-c3ccco3)nc2c(N)n1. The van der Waals surface area contributed by atoms with Crippen LogP contribution in [0.1, 0.15) is 35.6 Å². The van der Waals surface area contributed by atoms with Crippen LogP contribution in [-0.4, -0.2) is 42.2 Å². The highest BCUT2D eigenvalue weighted by Gasteiger charge is 2.25. The number of hydrogen-bond donors (Lipinski definition) is 1. The number of nitrogen functional groups attached to an aromatic ring is 1. The highest BCUT2D eigenvalue weighted by molar-refractivity contribution is 5.63. The molecule has 2 N–H and O–H groups in total. The fraction of sp³-hybridized carbons (Fsp3) is 0.333. The largest absolute Gasteiger partial charge is 0.461 e. The zero-order chi connectivity index (χ0) is 20.7. The third-order valence-electron chi connectivity index (χ3n) is 5.36. The van der Waals surface area contributed by atoms with E-state index in [-0.39, 0.29) is 11.9 Å². The molecule has 0 unspecified atom stereocenters. The van der Waals surface area contributed by atoms with Gasteiger partial charge in [0.05, 0.1) is 24.2 Å². The van der Waals surface area contributed by atoms with Crippen molar-refractivity contribution in [2.24, 2.45) is 0 Å². The molecule has 1 fully saturated rings. The first-order valence-electron chi connectivity index (χ1n) is 9.82. The molecule has 1 saturated heterocycles. The van der Waals surface area contributed by atoms with Gasteiger partial charge in [-0.3, -0.25) is 4.90 Å². The first kappa shape index (κ1) is 18.4. The molecule has 0 spiro atoms. The fourth-order valence-corrected chi connectivity index (χ4v) is 3.75. The number of fused-ring (bicyclic) bond motifs is 1. The Labute approximate surface area is 172 Å². The van der Waals surface area contributed by atoms with E-state index >= 15 is 0 Å². The average molecular weight is 403 g/mol. The highest BCUT2D eigenvalue weighted by Crippen LogP contribution is 2.23. The van der Waals surface area contributed by atoms with Gasteiger partial charge in [-0.1, -0.05) is 11.1 Å². The standard InChI is InChI=1S/C21H21N7O2/c1-13-17(14(2)30-26-13)12-27-9-3-5-16(27)8-7-15-11-28-21(19(22)23-15)24-20(25-28)18-6-4-10-29-18/h4,6,10-11,16H,3,5,9,12H2,1-2H3,(H2,22,23)/t16-/m1/s1. The van der Waals surface area contributed by atoms with Crippen molar-refractivity contribution >= 4 is 11.5 Å². The topological polar surface area (TPSA) is 112 Å². The van der Waals surface area contributed by atoms with Crippen LogP contribution in [0.5, 0.6) is 0 Å². The van der Waals surface area contributed by atoms with Gasteiger partial charge in [-0.25, -0.2) is 14.5 Å². The maximum Gasteiger partial charge on any atom is 0.218 e. The summed E-state index contributed by atoms with van der Waals surface area (Å²) in [5.41, 5.74) is 9.21. The maximum atomic E-state index is 6.10. The van der Waals surface area contributed by atoms with Crippen molar-refractivity contribution in [2.45, 2.75) is 39.3 Å². The summed E-state index contributed by atoms with van der Waals surface area (Å²) in [5.74, 6) is 8.70. The smallest absolute Gasteiger partial charge is 0.218 e. The van der Waals surface area contributed by atoms with Gasteiger partial charge in [-0.15, -0.1) is 5.10 Å². The van der Waals surface area contributed by atoms with Crippen molar-refractivity contribution in [3.8, 4) is 23.4 Å². The van der Waals surface area contributed by atoms with E-state index in [2.05, 4.69) is 37.0 Å². The van der Waals surface area contributed by atoms with Crippen molar-refractivity contribution in [3.05, 3.63) is 47.3 Å². The summed E-state index contributed by atoms with van der Waals surface area (Å²) in [6.45, 7) is 5.70. The summed E-state index contributed by atoms with van der Waals surface area (Å²) in [7, 11) is 0. The van der Waals surface area contributed by atoms with Crippen LogP contribution in [0.3, 0.4) is 0 Å². The Morgan fingerprint density at radius 2 is 2.20 bits per heavy atom. The highest BCUT2D eigenvalue weighted by atomic mass is 16.5. The number of aryl methyl sites for hydroxylation is 2. The van der Waals surface area contributed by atoms with Crippen LogP contribution >= 0.6 is 0 Å². The monoisotopic (exact) mass is 403 g/mol. The Bertz CT molecular complexity index is 1240. The quantitative estimate of drug-likeness (QED) is 0.520. The van der Waals surface area contributed by atoms with Gasteiger partial charge in [0, 0.05) is 12.1 Å². The Hall–Kier alpha value is -3.64. The summed E-state index contributed by atoms with van der Waals surface area (Å²) >= 11 is 0. The lowest BCUT2D eigenvalue weighted by molar-refractivity contribution is 0.285. The fourth-order valence-electron chi connectivity index (χ4n) is 3.75. The zero-order valence-corrected chi connectivity index (χ0v) is 16.8. The number of likely N-dealkylation sites (tertiary alicyclic amines) is 1. The van der Waals surface area contributed by atoms with Crippen LogP contribution in [0.2, 0.25) is 0 Å². The third-order valence-corrected chi connectivity index (χ3v) is 5.36. The van der Waals surface area contributed by atoms with Crippen molar-refractivity contribution in [1.82, 2.24) is 29.6 Å². The molecule has 0 aromatic carbocycles. The molecule has 30 heavy (non-hydrogen) atoms. The average Bonchev–Trinajstić information content (AvgIpc) is 3.51. The Morgan fingerprint density at radius 1 is 1.30 bits per heavy atom. The normalized spacial score (nSPS) is 16.8. The lowest BCUT2D eigenvalue weighted by Gasteiger charge is -2.19. The Kier molecular flexibility index (Phi) is 4.48. The molecule has 0 bridgehead atoms. The van der Waals surface area contributed by atoms with E-state index in [9.17, 15) is 0 Å². The molecule has 1 aliphatic heterocycles.